The molecule has 96 valence electrons. The van der Waals surface area contributed by atoms with Crippen LogP contribution in [0.3, 0.4) is 0 Å². The van der Waals surface area contributed by atoms with Gasteiger partial charge in [-0.3, -0.25) is 4.79 Å². The molecule has 4 N–H and O–H groups in total. The number of rotatable bonds is 5. The van der Waals surface area contributed by atoms with Crippen LogP contribution in [-0.4, -0.2) is 29.7 Å². The first-order valence-corrected chi connectivity index (χ1v) is 5.84. The van der Waals surface area contributed by atoms with E-state index in [4.69, 9.17) is 5.73 Å². The lowest BCUT2D eigenvalue weighted by Crippen LogP contribution is -2.32. The summed E-state index contributed by atoms with van der Waals surface area (Å²) in [7, 11) is 0. The maximum absolute atomic E-state index is 11.6. The van der Waals surface area contributed by atoms with E-state index < -0.39 is 0 Å². The predicted molar refractivity (Wildman–Crippen MR) is 66.5 cm³/mol. The molecule has 1 fully saturated rings. The Morgan fingerprint density at radius 2 is 2.25 bits per heavy atom. The molecule has 5 heteroatoms. The molecule has 3 atom stereocenters. The topological polar surface area (TPSA) is 75.3 Å². The van der Waals surface area contributed by atoms with E-state index in [9.17, 15) is 9.90 Å². The van der Waals surface area contributed by atoms with Crippen molar-refractivity contribution in [1.82, 2.24) is 5.32 Å². The number of hydrogen-bond donors (Lipinski definition) is 3. The van der Waals surface area contributed by atoms with E-state index in [1.807, 2.05) is 6.92 Å². The zero-order chi connectivity index (χ0) is 11.3. The molecule has 4 nitrogen and oxygen atoms in total. The molecule has 0 bridgehead atoms. The lowest BCUT2D eigenvalue weighted by Gasteiger charge is -2.12. The van der Waals surface area contributed by atoms with Crippen molar-refractivity contribution in [3.63, 3.8) is 0 Å². The Morgan fingerprint density at radius 3 is 2.75 bits per heavy atom. The van der Waals surface area contributed by atoms with Crippen LogP contribution in [0, 0.1) is 5.92 Å². The summed E-state index contributed by atoms with van der Waals surface area (Å²) < 4.78 is 0. The van der Waals surface area contributed by atoms with Crippen molar-refractivity contribution >= 4 is 18.3 Å². The molecule has 16 heavy (non-hydrogen) atoms. The first-order valence-electron chi connectivity index (χ1n) is 5.84. The minimum Gasteiger partial charge on any atom is -0.393 e. The van der Waals surface area contributed by atoms with E-state index in [0.29, 0.717) is 13.0 Å². The van der Waals surface area contributed by atoms with Crippen LogP contribution in [0.5, 0.6) is 0 Å². The highest BCUT2D eigenvalue weighted by Gasteiger charge is 2.27. The number of nitrogens with two attached hydrogens (primary N) is 1. The van der Waals surface area contributed by atoms with Gasteiger partial charge < -0.3 is 16.2 Å². The van der Waals surface area contributed by atoms with Gasteiger partial charge in [-0.25, -0.2) is 0 Å². The summed E-state index contributed by atoms with van der Waals surface area (Å²) in [5, 5.41) is 12.2. The summed E-state index contributed by atoms with van der Waals surface area (Å²) in [5.41, 5.74) is 5.74. The summed E-state index contributed by atoms with van der Waals surface area (Å²) in [5.74, 6) is 0.199. The number of aliphatic hydroxyl groups is 1. The van der Waals surface area contributed by atoms with E-state index >= 15 is 0 Å². The van der Waals surface area contributed by atoms with Crippen molar-refractivity contribution in [1.29, 1.82) is 0 Å². The maximum atomic E-state index is 11.6. The number of carbonyl (C=O) groups is 1. The predicted octanol–water partition coefficient (Wildman–Crippen LogP) is 0.813. The Balaban J connectivity index is 0.00000225. The van der Waals surface area contributed by atoms with Crippen molar-refractivity contribution in [2.75, 3.05) is 6.54 Å². The standard InChI is InChI=1S/C11H22N2O2.ClH/c1-2-10(14)5-6-13-11(15)8-3-4-9(12)7-8;/h8-10,14H,2-7,12H2,1H3,(H,13,15);1H. The Bertz CT molecular complexity index is 214. The lowest BCUT2D eigenvalue weighted by atomic mass is 10.1. The number of amides is 1. The molecular weight excluding hydrogens is 228 g/mol. The van der Waals surface area contributed by atoms with Crippen LogP contribution in [0.4, 0.5) is 0 Å². The highest BCUT2D eigenvalue weighted by Crippen LogP contribution is 2.23. The first-order chi connectivity index (χ1) is 7.13. The summed E-state index contributed by atoms with van der Waals surface area (Å²) in [6.45, 7) is 2.50. The number of hydrogen-bond acceptors (Lipinski definition) is 3. The van der Waals surface area contributed by atoms with Gasteiger partial charge in [0.25, 0.3) is 0 Å². The molecule has 0 aromatic carbocycles. The molecule has 1 saturated carbocycles. The van der Waals surface area contributed by atoms with Gasteiger partial charge in [0, 0.05) is 18.5 Å². The van der Waals surface area contributed by atoms with Crippen LogP contribution in [0.25, 0.3) is 0 Å². The van der Waals surface area contributed by atoms with Crippen molar-refractivity contribution in [3.05, 3.63) is 0 Å². The molecule has 1 aliphatic carbocycles. The van der Waals surface area contributed by atoms with Crippen LogP contribution in [0.2, 0.25) is 0 Å². The smallest absolute Gasteiger partial charge is 0.223 e. The van der Waals surface area contributed by atoms with E-state index in [1.165, 1.54) is 0 Å². The molecule has 0 aromatic heterocycles. The largest absolute Gasteiger partial charge is 0.393 e. The highest BCUT2D eigenvalue weighted by molar-refractivity contribution is 5.85. The zero-order valence-electron chi connectivity index (χ0n) is 9.82. The molecule has 1 aliphatic rings. The quantitative estimate of drug-likeness (QED) is 0.676. The van der Waals surface area contributed by atoms with Gasteiger partial charge in [0.2, 0.25) is 5.91 Å². The van der Waals surface area contributed by atoms with Gasteiger partial charge in [-0.1, -0.05) is 6.92 Å². The monoisotopic (exact) mass is 250 g/mol. The van der Waals surface area contributed by atoms with Crippen LogP contribution in [-0.2, 0) is 4.79 Å². The van der Waals surface area contributed by atoms with Gasteiger partial charge in [-0.05, 0) is 32.1 Å². The third-order valence-electron chi connectivity index (χ3n) is 3.09. The van der Waals surface area contributed by atoms with Crippen molar-refractivity contribution in [3.8, 4) is 0 Å². The first kappa shape index (κ1) is 15.7. The molecule has 1 rings (SSSR count). The minimum atomic E-state index is -0.295. The number of nitrogens with one attached hydrogen (secondary N) is 1. The van der Waals surface area contributed by atoms with Gasteiger partial charge in [0.05, 0.1) is 6.10 Å². The minimum absolute atomic E-state index is 0. The zero-order valence-corrected chi connectivity index (χ0v) is 10.6. The normalized spacial score (nSPS) is 25.9. The fraction of sp³-hybridized carbons (Fsp3) is 0.909. The summed E-state index contributed by atoms with van der Waals surface area (Å²) in [4.78, 5) is 11.6. The summed E-state index contributed by atoms with van der Waals surface area (Å²) in [6, 6.07) is 0.196. The average molecular weight is 251 g/mol. The van der Waals surface area contributed by atoms with Gasteiger partial charge in [0.15, 0.2) is 0 Å². The number of halogens is 1. The average Bonchev–Trinajstić information content (AvgIpc) is 2.64. The molecule has 0 spiro atoms. The molecule has 0 saturated heterocycles. The molecule has 1 amide bonds. The third-order valence-corrected chi connectivity index (χ3v) is 3.09. The number of aliphatic hydroxyl groups excluding tert-OH is 1. The molecule has 3 unspecified atom stereocenters. The maximum Gasteiger partial charge on any atom is 0.223 e. The molecular formula is C11H23ClN2O2. The Morgan fingerprint density at radius 1 is 1.56 bits per heavy atom. The summed E-state index contributed by atoms with van der Waals surface area (Å²) in [6.07, 6.45) is 3.75. The van der Waals surface area contributed by atoms with Gasteiger partial charge in [-0.15, -0.1) is 12.4 Å². The Labute approximate surface area is 103 Å². The lowest BCUT2D eigenvalue weighted by molar-refractivity contribution is -0.124. The van der Waals surface area contributed by atoms with Crippen LogP contribution in [0.15, 0.2) is 0 Å². The van der Waals surface area contributed by atoms with Gasteiger partial charge in [-0.2, -0.15) is 0 Å². The van der Waals surface area contributed by atoms with Crippen molar-refractivity contribution < 1.29 is 9.90 Å². The fourth-order valence-corrected chi connectivity index (χ4v) is 1.96. The second-order valence-electron chi connectivity index (χ2n) is 4.41. The Kier molecular flexibility index (Phi) is 7.72. The Hall–Kier alpha value is -0.320. The van der Waals surface area contributed by atoms with E-state index in [0.717, 1.165) is 25.7 Å². The molecule has 0 aromatic rings. The van der Waals surface area contributed by atoms with Gasteiger partial charge in [0.1, 0.15) is 0 Å². The van der Waals surface area contributed by atoms with Crippen LogP contribution in [0.1, 0.15) is 39.0 Å². The van der Waals surface area contributed by atoms with E-state index in [1.54, 1.807) is 0 Å². The van der Waals surface area contributed by atoms with Crippen molar-refractivity contribution in [2.45, 2.75) is 51.2 Å². The van der Waals surface area contributed by atoms with Crippen LogP contribution < -0.4 is 11.1 Å². The van der Waals surface area contributed by atoms with E-state index in [-0.39, 0.29) is 36.4 Å². The third kappa shape index (κ3) is 5.14. The van der Waals surface area contributed by atoms with Crippen LogP contribution >= 0.6 is 12.4 Å². The second-order valence-corrected chi connectivity index (χ2v) is 4.41. The highest BCUT2D eigenvalue weighted by atomic mass is 35.5. The second kappa shape index (κ2) is 7.87. The SMILES string of the molecule is CCC(O)CCNC(=O)C1CCC(N)C1.Cl. The van der Waals surface area contributed by atoms with Crippen molar-refractivity contribution in [2.24, 2.45) is 11.7 Å². The molecule has 0 radical (unpaired) electrons. The summed E-state index contributed by atoms with van der Waals surface area (Å²) >= 11 is 0. The van der Waals surface area contributed by atoms with E-state index in [2.05, 4.69) is 5.32 Å². The van der Waals surface area contributed by atoms with Gasteiger partial charge >= 0.3 is 0 Å². The molecule has 0 heterocycles. The fourth-order valence-electron chi connectivity index (χ4n) is 1.96. The number of carbonyl (C=O) groups excluding carboxylic acids is 1. The molecule has 0 aliphatic heterocycles.